The third kappa shape index (κ3) is 3.59. The van der Waals surface area contributed by atoms with Gasteiger partial charge in [-0.15, -0.1) is 21.5 Å². The van der Waals surface area contributed by atoms with Gasteiger partial charge in [0.15, 0.2) is 0 Å². The van der Waals surface area contributed by atoms with E-state index in [0.717, 1.165) is 49.9 Å². The highest BCUT2D eigenvalue weighted by atomic mass is 32.1. The smallest absolute Gasteiger partial charge is 0.293 e. The largest absolute Gasteiger partial charge is 0.497 e. The van der Waals surface area contributed by atoms with Gasteiger partial charge in [0.25, 0.3) is 5.91 Å². The first-order valence-electron chi connectivity index (χ1n) is 10.1. The quantitative estimate of drug-likeness (QED) is 0.678. The van der Waals surface area contributed by atoms with Crippen LogP contribution in [0.15, 0.2) is 29.8 Å². The Morgan fingerprint density at radius 1 is 1.20 bits per heavy atom. The van der Waals surface area contributed by atoms with E-state index in [2.05, 4.69) is 32.3 Å². The van der Waals surface area contributed by atoms with Crippen LogP contribution in [-0.4, -0.2) is 50.8 Å². The maximum Gasteiger partial charge on any atom is 0.293 e. The number of amides is 1. The predicted molar refractivity (Wildman–Crippen MR) is 114 cm³/mol. The number of carbonyl (C=O) groups excluding carboxylic acids is 1. The van der Waals surface area contributed by atoms with Crippen LogP contribution in [0.2, 0.25) is 0 Å². The number of nitrogens with zero attached hydrogens (tertiary/aromatic N) is 5. The molecule has 0 aliphatic carbocycles. The second-order valence-electron chi connectivity index (χ2n) is 8.01. The van der Waals surface area contributed by atoms with Crippen LogP contribution in [-0.2, 0) is 19.5 Å². The fraction of sp³-hybridized carbons (Fsp3) is 0.429. The van der Waals surface area contributed by atoms with Crippen LogP contribution in [0.4, 0.5) is 5.69 Å². The molecular formula is C21H24N6O2S. The van der Waals surface area contributed by atoms with Crippen LogP contribution in [0.3, 0.4) is 0 Å². The van der Waals surface area contributed by atoms with Crippen LogP contribution >= 0.6 is 11.3 Å². The number of aromatic nitrogens is 4. The van der Waals surface area contributed by atoms with E-state index in [9.17, 15) is 4.79 Å². The molecule has 0 bridgehead atoms. The highest BCUT2D eigenvalue weighted by Crippen LogP contribution is 2.34. The summed E-state index contributed by atoms with van der Waals surface area (Å²) in [5.41, 5.74) is 3.76. The molecule has 0 radical (unpaired) electrons. The van der Waals surface area contributed by atoms with Gasteiger partial charge in [0.2, 0.25) is 5.82 Å². The van der Waals surface area contributed by atoms with Crippen molar-refractivity contribution in [3.63, 3.8) is 0 Å². The molecular weight excluding hydrogens is 400 g/mol. The van der Waals surface area contributed by atoms with E-state index in [1.54, 1.807) is 18.4 Å². The van der Waals surface area contributed by atoms with Crippen molar-refractivity contribution in [3.8, 4) is 5.75 Å². The fourth-order valence-electron chi connectivity index (χ4n) is 4.46. The molecule has 2 aliphatic rings. The summed E-state index contributed by atoms with van der Waals surface area (Å²) >= 11 is 1.73. The molecule has 3 aromatic rings. The average Bonchev–Trinajstić information content (AvgIpc) is 3.45. The molecule has 30 heavy (non-hydrogen) atoms. The molecule has 2 aliphatic heterocycles. The minimum atomic E-state index is -0.229. The van der Waals surface area contributed by atoms with Crippen LogP contribution in [0, 0.1) is 18.8 Å². The molecule has 9 heteroatoms. The van der Waals surface area contributed by atoms with Crippen molar-refractivity contribution in [1.82, 2.24) is 24.6 Å². The summed E-state index contributed by atoms with van der Waals surface area (Å²) in [5.74, 6) is 2.88. The summed E-state index contributed by atoms with van der Waals surface area (Å²) in [5, 5.41) is 11.4. The van der Waals surface area contributed by atoms with E-state index in [-0.39, 0.29) is 5.91 Å². The third-order valence-electron chi connectivity index (χ3n) is 6.10. The van der Waals surface area contributed by atoms with E-state index >= 15 is 0 Å². The van der Waals surface area contributed by atoms with Crippen LogP contribution in [0.1, 0.15) is 27.0 Å². The molecule has 2 aromatic heterocycles. The van der Waals surface area contributed by atoms with Crippen molar-refractivity contribution >= 4 is 22.9 Å². The zero-order valence-corrected chi connectivity index (χ0v) is 17.9. The molecule has 0 spiro atoms. The van der Waals surface area contributed by atoms with E-state index in [1.165, 1.54) is 4.88 Å². The molecule has 0 saturated carbocycles. The number of carbonyl (C=O) groups is 1. The Kier molecular flexibility index (Phi) is 5.00. The molecule has 5 rings (SSSR count). The van der Waals surface area contributed by atoms with Crippen molar-refractivity contribution in [3.05, 3.63) is 52.0 Å². The minimum absolute atomic E-state index is 0.229. The van der Waals surface area contributed by atoms with Crippen LogP contribution in [0.25, 0.3) is 0 Å². The van der Waals surface area contributed by atoms with Gasteiger partial charge in [-0.05, 0) is 43.0 Å². The van der Waals surface area contributed by atoms with Crippen LogP contribution in [0.5, 0.6) is 5.75 Å². The van der Waals surface area contributed by atoms with Gasteiger partial charge in [-0.2, -0.15) is 0 Å². The Labute approximate surface area is 178 Å². The Balaban J connectivity index is 1.27. The number of fused-ring (bicyclic) bond motifs is 2. The van der Waals surface area contributed by atoms with Crippen molar-refractivity contribution < 1.29 is 9.53 Å². The summed E-state index contributed by atoms with van der Waals surface area (Å²) in [6, 6.07) is 7.27. The maximum absolute atomic E-state index is 12.8. The number of anilines is 1. The van der Waals surface area contributed by atoms with Crippen molar-refractivity contribution in [2.45, 2.75) is 26.4 Å². The Morgan fingerprint density at radius 2 is 2.00 bits per heavy atom. The van der Waals surface area contributed by atoms with E-state index in [4.69, 9.17) is 4.74 Å². The topological polar surface area (TPSA) is 85.2 Å². The zero-order valence-electron chi connectivity index (χ0n) is 17.0. The normalized spacial score (nSPS) is 20.6. The molecule has 1 fully saturated rings. The van der Waals surface area contributed by atoms with Gasteiger partial charge in [0.1, 0.15) is 11.6 Å². The van der Waals surface area contributed by atoms with Gasteiger partial charge in [0.05, 0.1) is 18.3 Å². The van der Waals surface area contributed by atoms with Gasteiger partial charge >= 0.3 is 0 Å². The van der Waals surface area contributed by atoms with Gasteiger partial charge in [-0.25, -0.2) is 4.98 Å². The molecule has 8 nitrogen and oxygen atoms in total. The highest BCUT2D eigenvalue weighted by Gasteiger charge is 2.39. The number of nitrogens with one attached hydrogen (secondary N) is 1. The molecule has 156 valence electrons. The fourth-order valence-corrected chi connectivity index (χ4v) is 5.28. The zero-order chi connectivity index (χ0) is 20.7. The number of benzene rings is 1. The van der Waals surface area contributed by atoms with Gasteiger partial charge < -0.3 is 14.6 Å². The molecule has 1 N–H and O–H groups in total. The monoisotopic (exact) mass is 424 g/mol. The van der Waals surface area contributed by atoms with E-state index in [1.807, 2.05) is 34.3 Å². The summed E-state index contributed by atoms with van der Waals surface area (Å²) in [6.45, 7) is 5.90. The van der Waals surface area contributed by atoms with Crippen molar-refractivity contribution in [2.24, 2.45) is 11.8 Å². The second kappa shape index (κ2) is 7.81. The Morgan fingerprint density at radius 3 is 2.73 bits per heavy atom. The van der Waals surface area contributed by atoms with Gasteiger partial charge in [-0.3, -0.25) is 9.69 Å². The summed E-state index contributed by atoms with van der Waals surface area (Å²) in [4.78, 5) is 21.0. The van der Waals surface area contributed by atoms with E-state index < -0.39 is 0 Å². The number of methoxy groups -OCH3 is 1. The van der Waals surface area contributed by atoms with Crippen molar-refractivity contribution in [2.75, 3.05) is 25.5 Å². The molecule has 0 unspecified atom stereocenters. The number of hydrogen-bond donors (Lipinski definition) is 1. The van der Waals surface area contributed by atoms with Crippen molar-refractivity contribution in [1.29, 1.82) is 0 Å². The first kappa shape index (κ1) is 19.2. The first-order valence-corrected chi connectivity index (χ1v) is 11.0. The third-order valence-corrected chi connectivity index (χ3v) is 7.02. The van der Waals surface area contributed by atoms with Gasteiger partial charge in [0, 0.05) is 43.2 Å². The lowest BCUT2D eigenvalue weighted by Gasteiger charge is -2.25. The molecule has 1 amide bonds. The Bertz CT molecular complexity index is 1060. The summed E-state index contributed by atoms with van der Waals surface area (Å²) in [7, 11) is 1.62. The number of likely N-dealkylation sites (tertiary alicyclic amines) is 1. The number of ether oxygens (including phenoxy) is 1. The first-order chi connectivity index (χ1) is 14.6. The number of rotatable bonds is 5. The van der Waals surface area contributed by atoms with Gasteiger partial charge in [-0.1, -0.05) is 0 Å². The molecule has 2 atom stereocenters. The lowest BCUT2D eigenvalue weighted by molar-refractivity contribution is 0.100. The summed E-state index contributed by atoms with van der Waals surface area (Å²) < 4.78 is 7.16. The number of thiazole rings is 1. The Hall–Kier alpha value is -2.78. The molecule has 1 saturated heterocycles. The highest BCUT2D eigenvalue weighted by molar-refractivity contribution is 7.09. The van der Waals surface area contributed by atoms with Crippen LogP contribution < -0.4 is 10.1 Å². The summed E-state index contributed by atoms with van der Waals surface area (Å²) in [6.07, 6.45) is 0.867. The second-order valence-corrected chi connectivity index (χ2v) is 8.95. The average molecular weight is 425 g/mol. The lowest BCUT2D eigenvalue weighted by Crippen LogP contribution is -2.31. The molecule has 1 aromatic carbocycles. The SMILES string of the molecule is COc1ccc(NC(=O)c2nnc3n2C[C@@H]2CN(Cc4scnc4C)C[C@H]2C3)cc1. The predicted octanol–water partition coefficient (Wildman–Crippen LogP) is 2.61. The molecule has 4 heterocycles. The maximum atomic E-state index is 12.8. The number of aryl methyl sites for hydroxylation is 1. The van der Waals surface area contributed by atoms with E-state index in [0.29, 0.717) is 23.3 Å². The number of hydrogen-bond acceptors (Lipinski definition) is 7. The standard InChI is InChI=1S/C21H24N6O2S/c1-13-18(30-12-22-13)11-26-8-14-7-19-24-25-20(27(19)10-15(14)9-26)21(28)23-16-3-5-17(29-2)6-4-16/h3-6,12,14-15H,7-11H2,1-2H3,(H,23,28)/t14-,15+/m1/s1. The lowest BCUT2D eigenvalue weighted by atomic mass is 9.89. The minimum Gasteiger partial charge on any atom is -0.497 e.